The van der Waals surface area contributed by atoms with E-state index in [1.54, 1.807) is 14.2 Å². The molecule has 4 heteroatoms. The van der Waals surface area contributed by atoms with Crippen LogP contribution in [0.3, 0.4) is 0 Å². The van der Waals surface area contributed by atoms with Crippen LogP contribution in [-0.2, 0) is 0 Å². The van der Waals surface area contributed by atoms with E-state index >= 15 is 0 Å². The summed E-state index contributed by atoms with van der Waals surface area (Å²) in [6.07, 6.45) is 2.69. The summed E-state index contributed by atoms with van der Waals surface area (Å²) in [6.45, 7) is 4.27. The third-order valence-corrected chi connectivity index (χ3v) is 4.13. The highest BCUT2D eigenvalue weighted by Crippen LogP contribution is 2.49. The van der Waals surface area contributed by atoms with E-state index in [2.05, 4.69) is 13.8 Å². The third kappa shape index (κ3) is 2.25. The van der Waals surface area contributed by atoms with Crippen molar-refractivity contribution in [3.05, 3.63) is 17.7 Å². The van der Waals surface area contributed by atoms with Crippen molar-refractivity contribution in [2.24, 2.45) is 5.73 Å². The van der Waals surface area contributed by atoms with Crippen molar-refractivity contribution >= 4 is 0 Å². The summed E-state index contributed by atoms with van der Waals surface area (Å²) in [5.74, 6) is 2.06. The topological polar surface area (TPSA) is 53.7 Å². The average molecular weight is 265 g/mol. The first kappa shape index (κ1) is 14.0. The van der Waals surface area contributed by atoms with E-state index < -0.39 is 0 Å². The van der Waals surface area contributed by atoms with Crippen molar-refractivity contribution in [3.63, 3.8) is 0 Å². The first-order valence-electron chi connectivity index (χ1n) is 6.80. The smallest absolute Gasteiger partial charge is 0.203 e. The summed E-state index contributed by atoms with van der Waals surface area (Å²) >= 11 is 0. The van der Waals surface area contributed by atoms with Crippen LogP contribution in [0, 0.1) is 0 Å². The van der Waals surface area contributed by atoms with E-state index in [1.807, 2.05) is 12.1 Å². The van der Waals surface area contributed by atoms with Gasteiger partial charge in [-0.3, -0.25) is 0 Å². The Morgan fingerprint density at radius 3 is 2.47 bits per heavy atom. The number of hydrogen-bond donors (Lipinski definition) is 1. The summed E-state index contributed by atoms with van der Waals surface area (Å²) in [6, 6.07) is 3.82. The zero-order chi connectivity index (χ0) is 14.0. The van der Waals surface area contributed by atoms with Gasteiger partial charge in [-0.15, -0.1) is 0 Å². The van der Waals surface area contributed by atoms with Gasteiger partial charge in [0.2, 0.25) is 5.75 Å². The molecule has 1 aromatic rings. The van der Waals surface area contributed by atoms with E-state index in [-0.39, 0.29) is 11.6 Å². The molecule has 0 saturated heterocycles. The number of rotatable bonds is 4. The fourth-order valence-corrected chi connectivity index (χ4v) is 2.76. The van der Waals surface area contributed by atoms with Gasteiger partial charge in [-0.25, -0.2) is 0 Å². The van der Waals surface area contributed by atoms with Crippen LogP contribution in [0.5, 0.6) is 17.2 Å². The number of fused-ring (bicyclic) bond motifs is 1. The maximum atomic E-state index is 6.31. The second kappa shape index (κ2) is 5.29. The number of benzene rings is 1. The Morgan fingerprint density at radius 1 is 1.26 bits per heavy atom. The highest BCUT2D eigenvalue weighted by molar-refractivity contribution is 5.57. The minimum atomic E-state index is -0.202. The molecule has 0 fully saturated rings. The van der Waals surface area contributed by atoms with Gasteiger partial charge in [0.05, 0.1) is 14.2 Å². The lowest BCUT2D eigenvalue weighted by Crippen LogP contribution is -2.42. The van der Waals surface area contributed by atoms with Crippen molar-refractivity contribution in [1.29, 1.82) is 0 Å². The molecule has 19 heavy (non-hydrogen) atoms. The van der Waals surface area contributed by atoms with Gasteiger partial charge in [0.1, 0.15) is 5.60 Å². The van der Waals surface area contributed by atoms with Gasteiger partial charge >= 0.3 is 0 Å². The quantitative estimate of drug-likeness (QED) is 0.909. The maximum absolute atomic E-state index is 6.31. The molecular formula is C15H23NO3. The molecule has 0 bridgehead atoms. The van der Waals surface area contributed by atoms with Gasteiger partial charge in [-0.05, 0) is 25.0 Å². The predicted octanol–water partition coefficient (Wildman–Crippen LogP) is 3.04. The van der Waals surface area contributed by atoms with Gasteiger partial charge in [0.25, 0.3) is 0 Å². The lowest BCUT2D eigenvalue weighted by Gasteiger charge is -2.41. The minimum absolute atomic E-state index is 0.0246. The summed E-state index contributed by atoms with van der Waals surface area (Å²) in [5, 5.41) is 0. The maximum Gasteiger partial charge on any atom is 0.203 e. The molecule has 1 aliphatic heterocycles. The molecule has 0 saturated carbocycles. The van der Waals surface area contributed by atoms with Crippen LogP contribution in [0.1, 0.15) is 44.7 Å². The molecule has 4 nitrogen and oxygen atoms in total. The Kier molecular flexibility index (Phi) is 3.90. The Labute approximate surface area is 114 Å². The summed E-state index contributed by atoms with van der Waals surface area (Å²) in [5.41, 5.74) is 7.11. The molecule has 1 aliphatic rings. The molecule has 1 heterocycles. The highest BCUT2D eigenvalue weighted by Gasteiger charge is 2.39. The van der Waals surface area contributed by atoms with Crippen LogP contribution >= 0.6 is 0 Å². The lowest BCUT2D eigenvalue weighted by atomic mass is 9.84. The summed E-state index contributed by atoms with van der Waals surface area (Å²) in [4.78, 5) is 0. The average Bonchev–Trinajstić information content (AvgIpc) is 2.45. The van der Waals surface area contributed by atoms with Gasteiger partial charge in [-0.2, -0.15) is 0 Å². The molecule has 2 N–H and O–H groups in total. The van der Waals surface area contributed by atoms with Crippen LogP contribution in [0.15, 0.2) is 12.1 Å². The summed E-state index contributed by atoms with van der Waals surface area (Å²) < 4.78 is 17.1. The monoisotopic (exact) mass is 265 g/mol. The number of methoxy groups -OCH3 is 2. The molecule has 1 aromatic carbocycles. The molecule has 0 aromatic heterocycles. The van der Waals surface area contributed by atoms with Crippen LogP contribution in [0.25, 0.3) is 0 Å². The molecule has 0 amide bonds. The first-order chi connectivity index (χ1) is 9.10. The molecule has 1 unspecified atom stereocenters. The van der Waals surface area contributed by atoms with Crippen molar-refractivity contribution in [1.82, 2.24) is 0 Å². The van der Waals surface area contributed by atoms with Gasteiger partial charge in [-0.1, -0.05) is 13.8 Å². The van der Waals surface area contributed by atoms with Gasteiger partial charge in [0, 0.05) is 18.0 Å². The van der Waals surface area contributed by atoms with Gasteiger partial charge in [0.15, 0.2) is 11.5 Å². The Hall–Kier alpha value is -1.42. The molecule has 0 radical (unpaired) electrons. The van der Waals surface area contributed by atoms with Crippen LogP contribution in [0.4, 0.5) is 0 Å². The SMILES string of the molecule is CCC1(CC)CC(N)c2ccc(OC)c(OC)c2O1. The highest BCUT2D eigenvalue weighted by atomic mass is 16.5. The number of nitrogens with two attached hydrogens (primary N) is 1. The van der Waals surface area contributed by atoms with Crippen molar-refractivity contribution in [2.75, 3.05) is 14.2 Å². The Balaban J connectivity index is 2.54. The third-order valence-electron chi connectivity index (χ3n) is 4.13. The molecule has 2 rings (SSSR count). The second-order valence-corrected chi connectivity index (χ2v) is 5.02. The Bertz CT molecular complexity index is 455. The minimum Gasteiger partial charge on any atom is -0.493 e. The Morgan fingerprint density at radius 2 is 1.95 bits per heavy atom. The first-order valence-corrected chi connectivity index (χ1v) is 6.80. The van der Waals surface area contributed by atoms with E-state index in [9.17, 15) is 0 Å². The van der Waals surface area contributed by atoms with E-state index in [0.29, 0.717) is 11.5 Å². The predicted molar refractivity (Wildman–Crippen MR) is 75.0 cm³/mol. The molecule has 106 valence electrons. The normalized spacial score (nSPS) is 20.4. The van der Waals surface area contributed by atoms with Gasteiger partial charge < -0.3 is 19.9 Å². The molecular weight excluding hydrogens is 242 g/mol. The van der Waals surface area contributed by atoms with Crippen molar-refractivity contribution in [2.45, 2.75) is 44.8 Å². The van der Waals surface area contributed by atoms with Crippen LogP contribution < -0.4 is 19.9 Å². The number of hydrogen-bond acceptors (Lipinski definition) is 4. The second-order valence-electron chi connectivity index (χ2n) is 5.02. The molecule has 0 spiro atoms. The van der Waals surface area contributed by atoms with Crippen LogP contribution in [0.2, 0.25) is 0 Å². The fraction of sp³-hybridized carbons (Fsp3) is 0.600. The van der Waals surface area contributed by atoms with Crippen LogP contribution in [-0.4, -0.2) is 19.8 Å². The zero-order valence-corrected chi connectivity index (χ0v) is 12.2. The standard InChI is InChI=1S/C15H23NO3/c1-5-15(6-2)9-11(16)10-7-8-12(17-3)14(18-4)13(10)19-15/h7-8,11H,5-6,9,16H2,1-4H3. The van der Waals surface area contributed by atoms with E-state index in [4.69, 9.17) is 19.9 Å². The largest absolute Gasteiger partial charge is 0.493 e. The van der Waals surface area contributed by atoms with E-state index in [1.165, 1.54) is 0 Å². The molecule has 1 atom stereocenters. The zero-order valence-electron chi connectivity index (χ0n) is 12.2. The fourth-order valence-electron chi connectivity index (χ4n) is 2.76. The molecule has 0 aliphatic carbocycles. The summed E-state index contributed by atoms with van der Waals surface area (Å²) in [7, 11) is 3.25. The van der Waals surface area contributed by atoms with E-state index in [0.717, 1.165) is 30.6 Å². The number of ether oxygens (including phenoxy) is 3. The van der Waals surface area contributed by atoms with Crippen molar-refractivity contribution in [3.8, 4) is 17.2 Å². The van der Waals surface area contributed by atoms with Crippen molar-refractivity contribution < 1.29 is 14.2 Å². The lowest BCUT2D eigenvalue weighted by molar-refractivity contribution is 0.0250.